The average Bonchev–Trinajstić information content (AvgIpc) is 3.19. The highest BCUT2D eigenvalue weighted by Crippen LogP contribution is 2.28. The fraction of sp³-hybridized carbons (Fsp3) is 0.115. The number of hydrogen-bond donors (Lipinski definition) is 1. The van der Waals surface area contributed by atoms with E-state index in [1.807, 2.05) is 38.1 Å². The Kier molecular flexibility index (Phi) is 5.22. The van der Waals surface area contributed by atoms with E-state index in [4.69, 9.17) is 4.74 Å². The summed E-state index contributed by atoms with van der Waals surface area (Å²) >= 11 is 0. The van der Waals surface area contributed by atoms with Gasteiger partial charge < -0.3 is 10.1 Å². The molecule has 6 nitrogen and oxygen atoms in total. The Morgan fingerprint density at radius 3 is 2.58 bits per heavy atom. The summed E-state index contributed by atoms with van der Waals surface area (Å²) < 4.78 is 20.6. The van der Waals surface area contributed by atoms with Crippen LogP contribution in [0.1, 0.15) is 27.2 Å². The molecule has 0 radical (unpaired) electrons. The summed E-state index contributed by atoms with van der Waals surface area (Å²) in [5, 5.41) is 3.87. The quantitative estimate of drug-likeness (QED) is 0.430. The Labute approximate surface area is 190 Å². The summed E-state index contributed by atoms with van der Waals surface area (Å²) in [6.07, 6.45) is 6.94. The predicted molar refractivity (Wildman–Crippen MR) is 125 cm³/mol. The molecule has 0 fully saturated rings. The maximum Gasteiger partial charge on any atom is 0.229 e. The zero-order valence-electron chi connectivity index (χ0n) is 18.2. The minimum Gasteiger partial charge on any atom is -0.497 e. The number of nitrogens with one attached hydrogen (secondary N) is 1. The first-order valence-electron chi connectivity index (χ1n) is 10.5. The molecule has 0 unspecified atom stereocenters. The number of ether oxygens (including phenoxy) is 1. The molecule has 0 saturated carbocycles. The third-order valence-corrected chi connectivity index (χ3v) is 5.57. The van der Waals surface area contributed by atoms with Crippen molar-refractivity contribution in [3.05, 3.63) is 107 Å². The van der Waals surface area contributed by atoms with Gasteiger partial charge in [0.05, 0.1) is 12.0 Å². The highest BCUT2D eigenvalue weighted by Gasteiger charge is 2.22. The largest absolute Gasteiger partial charge is 0.497 e. The molecule has 3 heterocycles. The molecular weight excluding hydrogens is 419 g/mol. The molecule has 5 rings (SSSR count). The third kappa shape index (κ3) is 3.89. The molecule has 7 heteroatoms. The van der Waals surface area contributed by atoms with E-state index < -0.39 is 0 Å². The number of ketones is 1. The van der Waals surface area contributed by atoms with Crippen LogP contribution in [-0.2, 0) is 4.74 Å². The molecule has 2 aromatic carbocycles. The van der Waals surface area contributed by atoms with Gasteiger partial charge in [0.15, 0.2) is 5.65 Å². The average molecular weight is 440 g/mol. The lowest BCUT2D eigenvalue weighted by Gasteiger charge is -2.13. The molecule has 1 N–H and O–H groups in total. The lowest BCUT2D eigenvalue weighted by Crippen LogP contribution is -2.12. The number of hydrogen-bond acceptors (Lipinski definition) is 5. The Morgan fingerprint density at radius 2 is 1.88 bits per heavy atom. The van der Waals surface area contributed by atoms with Crippen LogP contribution in [0.15, 0.2) is 78.8 Å². The zero-order chi connectivity index (χ0) is 22.9. The van der Waals surface area contributed by atoms with E-state index in [9.17, 15) is 9.18 Å². The second-order valence-corrected chi connectivity index (χ2v) is 7.83. The molecule has 0 spiro atoms. The highest BCUT2D eigenvalue weighted by molar-refractivity contribution is 6.12. The Morgan fingerprint density at radius 1 is 1.12 bits per heavy atom. The summed E-state index contributed by atoms with van der Waals surface area (Å²) in [4.78, 5) is 22.8. The van der Waals surface area contributed by atoms with Crippen molar-refractivity contribution >= 4 is 22.8 Å². The Bertz CT molecular complexity index is 1410. The van der Waals surface area contributed by atoms with Crippen molar-refractivity contribution in [1.29, 1.82) is 0 Å². The van der Waals surface area contributed by atoms with E-state index in [-0.39, 0.29) is 11.6 Å². The van der Waals surface area contributed by atoms with Gasteiger partial charge in [-0.1, -0.05) is 18.2 Å². The van der Waals surface area contributed by atoms with Gasteiger partial charge in [0.25, 0.3) is 0 Å². The van der Waals surface area contributed by atoms with Crippen molar-refractivity contribution < 1.29 is 13.9 Å². The fourth-order valence-corrected chi connectivity index (χ4v) is 3.97. The molecule has 33 heavy (non-hydrogen) atoms. The standard InChI is InChI=1S/C26H21FN4O2/c1-16-4-3-5-17(2)23(16)24(32)22-14-18-15-28-26(29-20-10-12-33-13-11-20)30-25(18)31(22)21-8-6-19(27)7-9-21/h3-12,14-15H,13H2,1-2H3,(H,28,29,30). The van der Waals surface area contributed by atoms with Crippen molar-refractivity contribution in [3.8, 4) is 5.69 Å². The van der Waals surface area contributed by atoms with Crippen LogP contribution < -0.4 is 5.32 Å². The number of carbonyl (C=O) groups excluding carboxylic acids is 1. The third-order valence-electron chi connectivity index (χ3n) is 5.57. The SMILES string of the molecule is Cc1cccc(C)c1C(=O)c1cc2cnc(NC3=CCOC=C3)nc2n1-c1ccc(F)cc1. The van der Waals surface area contributed by atoms with Gasteiger partial charge in [0.2, 0.25) is 11.7 Å². The molecule has 0 bridgehead atoms. The minimum absolute atomic E-state index is 0.127. The lowest BCUT2D eigenvalue weighted by molar-refractivity contribution is 0.103. The van der Waals surface area contributed by atoms with Gasteiger partial charge >= 0.3 is 0 Å². The van der Waals surface area contributed by atoms with Gasteiger partial charge in [-0.3, -0.25) is 9.36 Å². The van der Waals surface area contributed by atoms with Gasteiger partial charge in [-0.2, -0.15) is 4.98 Å². The highest BCUT2D eigenvalue weighted by atomic mass is 19.1. The van der Waals surface area contributed by atoms with E-state index >= 15 is 0 Å². The summed E-state index contributed by atoms with van der Waals surface area (Å²) in [6.45, 7) is 4.30. The number of fused-ring (bicyclic) bond motifs is 1. The second kappa shape index (κ2) is 8.35. The van der Waals surface area contributed by atoms with Gasteiger partial charge in [-0.15, -0.1) is 0 Å². The molecule has 2 aromatic heterocycles. The van der Waals surface area contributed by atoms with Gasteiger partial charge in [0.1, 0.15) is 12.4 Å². The Balaban J connectivity index is 1.69. The zero-order valence-corrected chi connectivity index (χ0v) is 18.2. The molecule has 1 aliphatic rings. The molecular formula is C26H21FN4O2. The molecule has 1 aliphatic heterocycles. The number of allylic oxidation sites excluding steroid dienone is 1. The summed E-state index contributed by atoms with van der Waals surface area (Å²) in [7, 11) is 0. The van der Waals surface area contributed by atoms with Crippen LogP contribution in [0.2, 0.25) is 0 Å². The van der Waals surface area contributed by atoms with Crippen LogP contribution in [0.3, 0.4) is 0 Å². The van der Waals surface area contributed by atoms with Crippen LogP contribution in [0, 0.1) is 19.7 Å². The molecule has 0 saturated heterocycles. The van der Waals surface area contributed by atoms with Gasteiger partial charge in [0, 0.05) is 28.5 Å². The first-order chi connectivity index (χ1) is 16.0. The van der Waals surface area contributed by atoms with E-state index in [1.165, 1.54) is 12.1 Å². The molecule has 0 atom stereocenters. The number of aryl methyl sites for hydroxylation is 2. The topological polar surface area (TPSA) is 69.0 Å². The number of benzene rings is 2. The number of halogens is 1. The normalized spacial score (nSPS) is 13.0. The van der Waals surface area contributed by atoms with Crippen LogP contribution in [0.25, 0.3) is 16.7 Å². The first kappa shape index (κ1) is 20.6. The van der Waals surface area contributed by atoms with Crippen molar-refractivity contribution in [1.82, 2.24) is 14.5 Å². The van der Waals surface area contributed by atoms with Gasteiger partial charge in [-0.05, 0) is 67.5 Å². The summed E-state index contributed by atoms with van der Waals surface area (Å²) in [6, 6.07) is 13.6. The number of rotatable bonds is 5. The van der Waals surface area contributed by atoms with E-state index in [0.29, 0.717) is 40.5 Å². The molecule has 164 valence electrons. The van der Waals surface area contributed by atoms with E-state index in [1.54, 1.807) is 41.3 Å². The van der Waals surface area contributed by atoms with Crippen LogP contribution in [0.5, 0.6) is 0 Å². The van der Waals surface area contributed by atoms with Crippen LogP contribution in [0.4, 0.5) is 10.3 Å². The number of aromatic nitrogens is 3. The Hall–Kier alpha value is -4.26. The van der Waals surface area contributed by atoms with Gasteiger partial charge in [-0.25, -0.2) is 9.37 Å². The predicted octanol–water partition coefficient (Wildman–Crippen LogP) is 5.25. The van der Waals surface area contributed by atoms with Crippen molar-refractivity contribution in [2.45, 2.75) is 13.8 Å². The summed E-state index contributed by atoms with van der Waals surface area (Å²) in [5.41, 5.74) is 4.86. The molecule has 0 aliphatic carbocycles. The van der Waals surface area contributed by atoms with E-state index in [0.717, 1.165) is 16.8 Å². The lowest BCUT2D eigenvalue weighted by atomic mass is 9.97. The fourth-order valence-electron chi connectivity index (χ4n) is 3.97. The minimum atomic E-state index is -0.354. The molecule has 4 aromatic rings. The second-order valence-electron chi connectivity index (χ2n) is 7.83. The van der Waals surface area contributed by atoms with Crippen molar-refractivity contribution in [2.75, 3.05) is 11.9 Å². The van der Waals surface area contributed by atoms with Crippen molar-refractivity contribution in [3.63, 3.8) is 0 Å². The maximum atomic E-state index is 13.7. The molecule has 0 amide bonds. The number of nitrogens with zero attached hydrogens (tertiary/aromatic N) is 3. The van der Waals surface area contributed by atoms with Crippen molar-refractivity contribution in [2.24, 2.45) is 0 Å². The van der Waals surface area contributed by atoms with Crippen LogP contribution >= 0.6 is 0 Å². The smallest absolute Gasteiger partial charge is 0.229 e. The van der Waals surface area contributed by atoms with Crippen LogP contribution in [-0.4, -0.2) is 26.9 Å². The number of carbonyl (C=O) groups is 1. The van der Waals surface area contributed by atoms with E-state index in [2.05, 4.69) is 15.3 Å². The first-order valence-corrected chi connectivity index (χ1v) is 10.5. The summed E-state index contributed by atoms with van der Waals surface area (Å²) in [5.74, 6) is -0.0987. The maximum absolute atomic E-state index is 13.7. The number of anilines is 1. The monoisotopic (exact) mass is 440 g/mol.